The number of nitrogens with zero attached hydrogens (tertiary/aromatic N) is 1. The Bertz CT molecular complexity index is 543. The molecule has 2 N–H and O–H groups in total. The van der Waals surface area contributed by atoms with Crippen molar-refractivity contribution in [1.82, 2.24) is 15.3 Å². The molecule has 1 aliphatic rings. The molecule has 94 valence electrons. The van der Waals surface area contributed by atoms with Gasteiger partial charge in [0, 0.05) is 18.9 Å². The normalized spacial score (nSPS) is 12.9. The van der Waals surface area contributed by atoms with E-state index in [2.05, 4.69) is 15.3 Å². The van der Waals surface area contributed by atoms with E-state index in [1.807, 2.05) is 12.1 Å². The van der Waals surface area contributed by atoms with Gasteiger partial charge >= 0.3 is 0 Å². The highest BCUT2D eigenvalue weighted by Gasteiger charge is 2.17. The van der Waals surface area contributed by atoms with Crippen molar-refractivity contribution < 1.29 is 9.47 Å². The zero-order valence-electron chi connectivity index (χ0n) is 9.57. The summed E-state index contributed by atoms with van der Waals surface area (Å²) in [5.41, 5.74) is 1.05. The van der Waals surface area contributed by atoms with Gasteiger partial charge in [-0.05, 0) is 17.7 Å². The highest BCUT2D eigenvalue weighted by Crippen LogP contribution is 2.39. The number of halogens is 1. The SMILES string of the molecule is Clc1cc(CNCc2ncc[nH]2)cc2c1OCO2. The van der Waals surface area contributed by atoms with E-state index in [1.54, 1.807) is 12.4 Å². The summed E-state index contributed by atoms with van der Waals surface area (Å²) >= 11 is 6.10. The Kier molecular flexibility index (Phi) is 3.08. The monoisotopic (exact) mass is 265 g/mol. The third kappa shape index (κ3) is 2.27. The van der Waals surface area contributed by atoms with Crippen LogP contribution in [0.4, 0.5) is 0 Å². The molecule has 0 aliphatic carbocycles. The summed E-state index contributed by atoms with van der Waals surface area (Å²) in [6.45, 7) is 1.61. The van der Waals surface area contributed by atoms with E-state index in [1.165, 1.54) is 0 Å². The van der Waals surface area contributed by atoms with E-state index in [0.717, 1.165) is 11.4 Å². The van der Waals surface area contributed by atoms with Crippen molar-refractivity contribution in [2.75, 3.05) is 6.79 Å². The second-order valence-corrected chi connectivity index (χ2v) is 4.36. The van der Waals surface area contributed by atoms with Gasteiger partial charge in [-0.1, -0.05) is 11.6 Å². The van der Waals surface area contributed by atoms with Gasteiger partial charge < -0.3 is 19.8 Å². The number of aromatic nitrogens is 2. The van der Waals surface area contributed by atoms with E-state index in [0.29, 0.717) is 29.6 Å². The number of hydrogen-bond acceptors (Lipinski definition) is 4. The maximum absolute atomic E-state index is 6.10. The van der Waals surface area contributed by atoms with Gasteiger partial charge in [-0.25, -0.2) is 4.98 Å². The third-order valence-corrected chi connectivity index (χ3v) is 2.94. The first-order valence-electron chi connectivity index (χ1n) is 5.60. The van der Waals surface area contributed by atoms with E-state index >= 15 is 0 Å². The molecule has 18 heavy (non-hydrogen) atoms. The van der Waals surface area contributed by atoms with Crippen molar-refractivity contribution in [3.63, 3.8) is 0 Å². The Morgan fingerprint density at radius 3 is 3.11 bits per heavy atom. The number of rotatable bonds is 4. The number of hydrogen-bond donors (Lipinski definition) is 2. The largest absolute Gasteiger partial charge is 0.454 e. The van der Waals surface area contributed by atoms with Gasteiger partial charge in [0.05, 0.1) is 11.6 Å². The van der Waals surface area contributed by atoms with Gasteiger partial charge in [-0.3, -0.25) is 0 Å². The Morgan fingerprint density at radius 1 is 1.33 bits per heavy atom. The molecule has 2 heterocycles. The second kappa shape index (κ2) is 4.88. The minimum atomic E-state index is 0.234. The fourth-order valence-electron chi connectivity index (χ4n) is 1.84. The van der Waals surface area contributed by atoms with Crippen LogP contribution in [0.25, 0.3) is 0 Å². The number of nitrogens with one attached hydrogen (secondary N) is 2. The lowest BCUT2D eigenvalue weighted by Gasteiger charge is -2.06. The number of imidazole rings is 1. The van der Waals surface area contributed by atoms with E-state index in [9.17, 15) is 0 Å². The molecule has 1 aromatic heterocycles. The molecule has 0 amide bonds. The first-order chi connectivity index (χ1) is 8.83. The molecule has 1 aromatic carbocycles. The van der Waals surface area contributed by atoms with Gasteiger partial charge in [0.25, 0.3) is 0 Å². The van der Waals surface area contributed by atoms with Crippen LogP contribution in [0.1, 0.15) is 11.4 Å². The van der Waals surface area contributed by atoms with Crippen molar-refractivity contribution in [3.05, 3.63) is 40.9 Å². The van der Waals surface area contributed by atoms with E-state index in [4.69, 9.17) is 21.1 Å². The Morgan fingerprint density at radius 2 is 2.28 bits per heavy atom. The molecule has 0 atom stereocenters. The Labute approximate surface area is 109 Å². The standard InChI is InChI=1S/C12H12ClN3O2/c13-9-3-8(4-10-12(9)18-7-17-10)5-14-6-11-15-1-2-16-11/h1-4,14H,5-7H2,(H,15,16). The smallest absolute Gasteiger partial charge is 0.231 e. The predicted octanol–water partition coefficient (Wildman–Crippen LogP) is 2.08. The summed E-state index contributed by atoms with van der Waals surface area (Å²) in [5.74, 6) is 2.24. The summed E-state index contributed by atoms with van der Waals surface area (Å²) in [7, 11) is 0. The third-order valence-electron chi connectivity index (χ3n) is 2.66. The van der Waals surface area contributed by atoms with Crippen molar-refractivity contribution in [2.45, 2.75) is 13.1 Å². The van der Waals surface area contributed by atoms with Crippen LogP contribution in [0.5, 0.6) is 11.5 Å². The van der Waals surface area contributed by atoms with Gasteiger partial charge in [0.1, 0.15) is 5.82 Å². The molecule has 0 bridgehead atoms. The minimum Gasteiger partial charge on any atom is -0.454 e. The highest BCUT2D eigenvalue weighted by atomic mass is 35.5. The molecule has 0 spiro atoms. The zero-order valence-corrected chi connectivity index (χ0v) is 10.3. The summed E-state index contributed by atoms with van der Waals surface area (Å²) in [6.07, 6.45) is 3.53. The average Bonchev–Trinajstić information content (AvgIpc) is 2.99. The second-order valence-electron chi connectivity index (χ2n) is 3.95. The summed E-state index contributed by atoms with van der Waals surface area (Å²) in [5, 5.41) is 3.86. The number of fused-ring (bicyclic) bond motifs is 1. The molecule has 0 saturated heterocycles. The number of ether oxygens (including phenoxy) is 2. The first kappa shape index (κ1) is 11.4. The molecule has 5 nitrogen and oxygen atoms in total. The van der Waals surface area contributed by atoms with Crippen molar-refractivity contribution >= 4 is 11.6 Å². The van der Waals surface area contributed by atoms with Gasteiger partial charge in [0.2, 0.25) is 6.79 Å². The molecule has 0 radical (unpaired) electrons. The van der Waals surface area contributed by atoms with Crippen LogP contribution in [0.3, 0.4) is 0 Å². The molecular formula is C12H12ClN3O2. The highest BCUT2D eigenvalue weighted by molar-refractivity contribution is 6.32. The lowest BCUT2D eigenvalue weighted by atomic mass is 10.2. The summed E-state index contributed by atoms with van der Waals surface area (Å²) < 4.78 is 10.6. The molecule has 1 aliphatic heterocycles. The number of benzene rings is 1. The van der Waals surface area contributed by atoms with Crippen LogP contribution in [0.2, 0.25) is 5.02 Å². The Hall–Kier alpha value is -1.72. The van der Waals surface area contributed by atoms with Crippen LogP contribution >= 0.6 is 11.6 Å². The van der Waals surface area contributed by atoms with Crippen LogP contribution in [0, 0.1) is 0 Å². The lowest BCUT2D eigenvalue weighted by Crippen LogP contribution is -2.13. The lowest BCUT2D eigenvalue weighted by molar-refractivity contribution is 0.174. The van der Waals surface area contributed by atoms with Crippen LogP contribution in [-0.4, -0.2) is 16.8 Å². The van der Waals surface area contributed by atoms with Crippen LogP contribution in [-0.2, 0) is 13.1 Å². The van der Waals surface area contributed by atoms with Gasteiger partial charge in [0.15, 0.2) is 11.5 Å². The minimum absolute atomic E-state index is 0.234. The summed E-state index contributed by atoms with van der Waals surface area (Å²) in [4.78, 5) is 7.17. The van der Waals surface area contributed by atoms with Crippen molar-refractivity contribution in [1.29, 1.82) is 0 Å². The zero-order chi connectivity index (χ0) is 12.4. The topological polar surface area (TPSA) is 59.2 Å². The van der Waals surface area contributed by atoms with E-state index < -0.39 is 0 Å². The molecule has 6 heteroatoms. The van der Waals surface area contributed by atoms with Crippen LogP contribution < -0.4 is 14.8 Å². The molecule has 3 rings (SSSR count). The predicted molar refractivity (Wildman–Crippen MR) is 66.7 cm³/mol. The number of aromatic amines is 1. The first-order valence-corrected chi connectivity index (χ1v) is 5.98. The fourth-order valence-corrected chi connectivity index (χ4v) is 2.13. The molecule has 0 fully saturated rings. The average molecular weight is 266 g/mol. The van der Waals surface area contributed by atoms with Gasteiger partial charge in [-0.2, -0.15) is 0 Å². The summed E-state index contributed by atoms with van der Waals surface area (Å²) in [6, 6.07) is 3.81. The van der Waals surface area contributed by atoms with E-state index in [-0.39, 0.29) is 6.79 Å². The maximum atomic E-state index is 6.10. The Balaban J connectivity index is 1.65. The molecule has 0 unspecified atom stereocenters. The quantitative estimate of drug-likeness (QED) is 0.889. The van der Waals surface area contributed by atoms with Crippen molar-refractivity contribution in [3.8, 4) is 11.5 Å². The van der Waals surface area contributed by atoms with Crippen LogP contribution in [0.15, 0.2) is 24.5 Å². The van der Waals surface area contributed by atoms with Gasteiger partial charge in [-0.15, -0.1) is 0 Å². The fraction of sp³-hybridized carbons (Fsp3) is 0.250. The maximum Gasteiger partial charge on any atom is 0.231 e. The van der Waals surface area contributed by atoms with Crippen molar-refractivity contribution in [2.24, 2.45) is 0 Å². The molecular weight excluding hydrogens is 254 g/mol. The number of H-pyrrole nitrogens is 1. The molecule has 0 saturated carbocycles. The molecule has 2 aromatic rings.